The zero-order chi connectivity index (χ0) is 11.7. The first-order valence-electron chi connectivity index (χ1n) is 5.42. The molecule has 1 aromatic carbocycles. The number of hydrogen-bond donors (Lipinski definition) is 1. The molecule has 84 valence electrons. The zero-order valence-electron chi connectivity index (χ0n) is 9.81. The van der Waals surface area contributed by atoms with Crippen molar-refractivity contribution in [1.82, 2.24) is 9.78 Å². The first-order chi connectivity index (χ1) is 7.58. The number of hydrogen-bond acceptors (Lipinski definition) is 2. The van der Waals surface area contributed by atoms with Gasteiger partial charge in [0.1, 0.15) is 5.75 Å². The molecule has 0 radical (unpaired) electrons. The van der Waals surface area contributed by atoms with Crippen molar-refractivity contribution >= 4 is 0 Å². The van der Waals surface area contributed by atoms with Crippen LogP contribution in [0.1, 0.15) is 30.9 Å². The van der Waals surface area contributed by atoms with E-state index in [-0.39, 0.29) is 5.75 Å². The van der Waals surface area contributed by atoms with Crippen LogP contribution in [0.5, 0.6) is 5.75 Å². The minimum absolute atomic E-state index is 0.289. The summed E-state index contributed by atoms with van der Waals surface area (Å²) in [5, 5.41) is 13.7. The normalized spacial score (nSPS) is 11.0. The fourth-order valence-electron chi connectivity index (χ4n) is 1.66. The lowest BCUT2D eigenvalue weighted by Gasteiger charge is -2.06. The summed E-state index contributed by atoms with van der Waals surface area (Å²) in [7, 11) is 0. The summed E-state index contributed by atoms with van der Waals surface area (Å²) in [6.07, 6.45) is 3.92. The Morgan fingerprint density at radius 2 is 2.06 bits per heavy atom. The number of rotatable bonds is 2. The Bertz CT molecular complexity index is 500. The predicted octanol–water partition coefficient (Wildman–Crippen LogP) is 3.01. The number of aromatic hydroxyl groups is 1. The van der Waals surface area contributed by atoms with Crippen LogP contribution in [-0.2, 0) is 0 Å². The lowest BCUT2D eigenvalue weighted by atomic mass is 10.1. The van der Waals surface area contributed by atoms with E-state index in [9.17, 15) is 5.11 Å². The number of nitrogens with zero attached hydrogens (tertiary/aromatic N) is 2. The average Bonchev–Trinajstić information content (AvgIpc) is 2.66. The molecule has 0 spiro atoms. The minimum Gasteiger partial charge on any atom is -0.508 e. The minimum atomic E-state index is 0.289. The molecule has 0 atom stereocenters. The predicted molar refractivity (Wildman–Crippen MR) is 64.1 cm³/mol. The van der Waals surface area contributed by atoms with Gasteiger partial charge in [0.05, 0.1) is 11.9 Å². The van der Waals surface area contributed by atoms with E-state index < -0.39 is 0 Å². The second kappa shape index (κ2) is 4.00. The first kappa shape index (κ1) is 10.7. The van der Waals surface area contributed by atoms with Gasteiger partial charge in [-0.1, -0.05) is 13.8 Å². The Kier molecular flexibility index (Phi) is 2.69. The molecular weight excluding hydrogens is 200 g/mol. The van der Waals surface area contributed by atoms with Crippen LogP contribution in [0.25, 0.3) is 5.69 Å². The van der Waals surface area contributed by atoms with Gasteiger partial charge in [0.25, 0.3) is 0 Å². The Balaban J connectivity index is 2.42. The van der Waals surface area contributed by atoms with Gasteiger partial charge in [0.2, 0.25) is 0 Å². The molecule has 1 N–H and O–H groups in total. The van der Waals surface area contributed by atoms with Crippen molar-refractivity contribution in [3.8, 4) is 11.4 Å². The lowest BCUT2D eigenvalue weighted by molar-refractivity contribution is 0.474. The van der Waals surface area contributed by atoms with Gasteiger partial charge in [-0.05, 0) is 42.2 Å². The maximum absolute atomic E-state index is 9.35. The van der Waals surface area contributed by atoms with E-state index in [1.165, 1.54) is 5.56 Å². The summed E-state index contributed by atoms with van der Waals surface area (Å²) >= 11 is 0. The molecule has 0 unspecified atom stereocenters. The highest BCUT2D eigenvalue weighted by molar-refractivity contribution is 5.44. The molecule has 3 nitrogen and oxygen atoms in total. The topological polar surface area (TPSA) is 38.0 Å². The third-order valence-electron chi connectivity index (χ3n) is 2.70. The fourth-order valence-corrected chi connectivity index (χ4v) is 1.66. The molecular formula is C13H16N2O. The Labute approximate surface area is 95.3 Å². The van der Waals surface area contributed by atoms with E-state index in [1.807, 2.05) is 30.1 Å². The summed E-state index contributed by atoms with van der Waals surface area (Å²) in [5.41, 5.74) is 3.23. The Hall–Kier alpha value is -1.77. The third-order valence-corrected chi connectivity index (χ3v) is 2.70. The van der Waals surface area contributed by atoms with Crippen molar-refractivity contribution in [2.75, 3.05) is 0 Å². The number of aryl methyl sites for hydroxylation is 1. The molecule has 1 heterocycles. The summed E-state index contributed by atoms with van der Waals surface area (Å²) in [4.78, 5) is 0. The van der Waals surface area contributed by atoms with Crippen molar-refractivity contribution < 1.29 is 5.11 Å². The van der Waals surface area contributed by atoms with Gasteiger partial charge >= 0.3 is 0 Å². The standard InChI is InChI=1S/C13H16N2O/c1-9(2)11-7-14-15(8-11)13-5-4-12(16)6-10(13)3/h4-9,16H,1-3H3. The maximum atomic E-state index is 9.35. The second-order valence-electron chi connectivity index (χ2n) is 4.34. The van der Waals surface area contributed by atoms with Crippen LogP contribution >= 0.6 is 0 Å². The van der Waals surface area contributed by atoms with Crippen LogP contribution in [0, 0.1) is 6.92 Å². The highest BCUT2D eigenvalue weighted by Gasteiger charge is 2.06. The number of aromatic nitrogens is 2. The largest absolute Gasteiger partial charge is 0.508 e. The van der Waals surface area contributed by atoms with Crippen molar-refractivity contribution in [2.45, 2.75) is 26.7 Å². The van der Waals surface area contributed by atoms with Crippen LogP contribution in [0.3, 0.4) is 0 Å². The molecule has 2 aromatic rings. The van der Waals surface area contributed by atoms with E-state index in [0.29, 0.717) is 5.92 Å². The molecule has 0 saturated carbocycles. The van der Waals surface area contributed by atoms with Crippen LogP contribution in [0.4, 0.5) is 0 Å². The van der Waals surface area contributed by atoms with Gasteiger partial charge in [-0.25, -0.2) is 4.68 Å². The summed E-state index contributed by atoms with van der Waals surface area (Å²) in [5.74, 6) is 0.767. The summed E-state index contributed by atoms with van der Waals surface area (Å²) in [6.45, 7) is 6.25. The van der Waals surface area contributed by atoms with E-state index in [0.717, 1.165) is 11.3 Å². The van der Waals surface area contributed by atoms with Gasteiger partial charge in [-0.3, -0.25) is 0 Å². The van der Waals surface area contributed by atoms with Crippen LogP contribution in [-0.4, -0.2) is 14.9 Å². The molecule has 0 aliphatic rings. The molecule has 0 aliphatic heterocycles. The highest BCUT2D eigenvalue weighted by atomic mass is 16.3. The van der Waals surface area contributed by atoms with Gasteiger partial charge in [-0.15, -0.1) is 0 Å². The number of benzene rings is 1. The molecule has 0 amide bonds. The van der Waals surface area contributed by atoms with Gasteiger partial charge in [-0.2, -0.15) is 5.10 Å². The second-order valence-corrected chi connectivity index (χ2v) is 4.34. The fraction of sp³-hybridized carbons (Fsp3) is 0.308. The monoisotopic (exact) mass is 216 g/mol. The highest BCUT2D eigenvalue weighted by Crippen LogP contribution is 2.21. The van der Waals surface area contributed by atoms with Crippen molar-refractivity contribution in [1.29, 1.82) is 0 Å². The van der Waals surface area contributed by atoms with Crippen molar-refractivity contribution in [2.24, 2.45) is 0 Å². The zero-order valence-corrected chi connectivity index (χ0v) is 9.81. The SMILES string of the molecule is Cc1cc(O)ccc1-n1cc(C(C)C)cn1. The maximum Gasteiger partial charge on any atom is 0.115 e. The Morgan fingerprint density at radius 3 is 2.62 bits per heavy atom. The van der Waals surface area contributed by atoms with Gasteiger partial charge in [0.15, 0.2) is 0 Å². The van der Waals surface area contributed by atoms with Gasteiger partial charge < -0.3 is 5.11 Å². The molecule has 3 heteroatoms. The lowest BCUT2D eigenvalue weighted by Crippen LogP contribution is -1.96. The molecule has 1 aromatic heterocycles. The molecule has 16 heavy (non-hydrogen) atoms. The quantitative estimate of drug-likeness (QED) is 0.838. The number of phenols is 1. The molecule has 2 rings (SSSR count). The smallest absolute Gasteiger partial charge is 0.115 e. The third kappa shape index (κ3) is 1.94. The molecule has 0 bridgehead atoms. The Morgan fingerprint density at radius 1 is 1.31 bits per heavy atom. The van der Waals surface area contributed by atoms with Crippen LogP contribution in [0.15, 0.2) is 30.6 Å². The summed E-state index contributed by atoms with van der Waals surface area (Å²) < 4.78 is 1.85. The van der Waals surface area contributed by atoms with E-state index in [4.69, 9.17) is 0 Å². The van der Waals surface area contributed by atoms with Crippen molar-refractivity contribution in [3.63, 3.8) is 0 Å². The first-order valence-corrected chi connectivity index (χ1v) is 5.42. The molecule has 0 fully saturated rings. The number of phenolic OH excluding ortho intramolecular Hbond substituents is 1. The van der Waals surface area contributed by atoms with Crippen LogP contribution < -0.4 is 0 Å². The molecule has 0 aliphatic carbocycles. The summed E-state index contributed by atoms with van der Waals surface area (Å²) in [6, 6.07) is 5.30. The van der Waals surface area contributed by atoms with Crippen LogP contribution in [0.2, 0.25) is 0 Å². The molecule has 0 saturated heterocycles. The van der Waals surface area contributed by atoms with Gasteiger partial charge in [0, 0.05) is 6.20 Å². The van der Waals surface area contributed by atoms with E-state index in [1.54, 1.807) is 12.1 Å². The average molecular weight is 216 g/mol. The van der Waals surface area contributed by atoms with E-state index in [2.05, 4.69) is 18.9 Å². The van der Waals surface area contributed by atoms with Crippen molar-refractivity contribution in [3.05, 3.63) is 41.7 Å². The van der Waals surface area contributed by atoms with E-state index >= 15 is 0 Å².